The highest BCUT2D eigenvalue weighted by atomic mass is 16.3. The van der Waals surface area contributed by atoms with E-state index in [9.17, 15) is 14.7 Å². The zero-order valence-corrected chi connectivity index (χ0v) is 9.93. The first kappa shape index (κ1) is 12.3. The van der Waals surface area contributed by atoms with Gasteiger partial charge in [0.15, 0.2) is 0 Å². The molecule has 2 fully saturated rings. The molecule has 5 N–H and O–H groups in total. The number of amides is 2. The number of aliphatic hydroxyl groups excluding tert-OH is 1. The molecule has 0 aromatic heterocycles. The molecule has 0 aromatic carbocycles. The van der Waals surface area contributed by atoms with Gasteiger partial charge in [0.05, 0.1) is 11.6 Å². The molecule has 6 nitrogen and oxygen atoms in total. The fraction of sp³-hybridized carbons (Fsp3) is 0.818. The van der Waals surface area contributed by atoms with Crippen LogP contribution in [-0.4, -0.2) is 46.1 Å². The largest absolute Gasteiger partial charge is 0.391 e. The summed E-state index contributed by atoms with van der Waals surface area (Å²) in [6, 6.07) is -0.723. The Bertz CT molecular complexity index is 352. The molecule has 2 amide bonds. The topological polar surface area (TPSA) is 110 Å². The lowest BCUT2D eigenvalue weighted by Gasteiger charge is -2.31. The maximum atomic E-state index is 12.3. The van der Waals surface area contributed by atoms with E-state index in [4.69, 9.17) is 11.5 Å². The van der Waals surface area contributed by atoms with Crippen LogP contribution in [0.15, 0.2) is 0 Å². The first-order valence-electron chi connectivity index (χ1n) is 5.91. The first-order chi connectivity index (χ1) is 7.84. The van der Waals surface area contributed by atoms with Crippen molar-refractivity contribution in [3.05, 3.63) is 0 Å². The predicted octanol–water partition coefficient (Wildman–Crippen LogP) is -1.44. The van der Waals surface area contributed by atoms with Gasteiger partial charge in [-0.05, 0) is 25.7 Å². The van der Waals surface area contributed by atoms with Crippen molar-refractivity contribution >= 4 is 11.8 Å². The Hall–Kier alpha value is -1.14. The van der Waals surface area contributed by atoms with Gasteiger partial charge < -0.3 is 21.5 Å². The van der Waals surface area contributed by atoms with Gasteiger partial charge in [0.25, 0.3) is 0 Å². The minimum atomic E-state index is -0.947. The number of likely N-dealkylation sites (tertiary alicyclic amines) is 1. The Balaban J connectivity index is 2.15. The van der Waals surface area contributed by atoms with E-state index in [1.54, 1.807) is 6.92 Å². The molecule has 0 spiro atoms. The summed E-state index contributed by atoms with van der Waals surface area (Å²) in [5.74, 6) is -0.678. The average Bonchev–Trinajstić information content (AvgIpc) is 3.01. The summed E-state index contributed by atoms with van der Waals surface area (Å²) in [4.78, 5) is 24.9. The van der Waals surface area contributed by atoms with Crippen LogP contribution in [0.5, 0.6) is 0 Å². The third-order valence-corrected chi connectivity index (χ3v) is 3.75. The van der Waals surface area contributed by atoms with Crippen molar-refractivity contribution in [2.45, 2.75) is 43.9 Å². The Morgan fingerprint density at radius 1 is 1.41 bits per heavy atom. The standard InChI is InChI=1S/C11H19N3O3/c1-11(13,6-2-3-6)10(17)14-5-7(15)4-8(14)9(12)16/h6-8,15H,2-5,13H2,1H3,(H2,12,16). The minimum absolute atomic E-state index is 0.145. The molecule has 0 radical (unpaired) electrons. The second-order valence-corrected chi connectivity index (χ2v) is 5.32. The zero-order chi connectivity index (χ0) is 12.8. The number of carbonyl (C=O) groups excluding carboxylic acids is 2. The molecule has 0 bridgehead atoms. The van der Waals surface area contributed by atoms with Crippen LogP contribution in [0.1, 0.15) is 26.2 Å². The number of hydrogen-bond acceptors (Lipinski definition) is 4. The van der Waals surface area contributed by atoms with Gasteiger partial charge in [-0.1, -0.05) is 0 Å². The number of hydrogen-bond donors (Lipinski definition) is 3. The third-order valence-electron chi connectivity index (χ3n) is 3.75. The van der Waals surface area contributed by atoms with Gasteiger partial charge in [-0.15, -0.1) is 0 Å². The summed E-state index contributed by atoms with van der Waals surface area (Å²) in [6.07, 6.45) is 1.40. The number of rotatable bonds is 3. The van der Waals surface area contributed by atoms with Crippen molar-refractivity contribution in [3.63, 3.8) is 0 Å². The number of β-amino-alcohol motifs (C(OH)–C–C–N with tert-alkyl or cyclic N) is 1. The van der Waals surface area contributed by atoms with Gasteiger partial charge in [-0.25, -0.2) is 0 Å². The van der Waals surface area contributed by atoms with Crippen LogP contribution in [-0.2, 0) is 9.59 Å². The Morgan fingerprint density at radius 3 is 2.47 bits per heavy atom. The fourth-order valence-electron chi connectivity index (χ4n) is 2.48. The van der Waals surface area contributed by atoms with E-state index in [1.807, 2.05) is 0 Å². The summed E-state index contributed by atoms with van der Waals surface area (Å²) in [5.41, 5.74) is 10.3. The lowest BCUT2D eigenvalue weighted by Crippen LogP contribution is -2.58. The maximum Gasteiger partial charge on any atom is 0.243 e. The van der Waals surface area contributed by atoms with Crippen LogP contribution in [0.2, 0.25) is 0 Å². The summed E-state index contributed by atoms with van der Waals surface area (Å²) in [7, 11) is 0. The molecule has 1 heterocycles. The first-order valence-corrected chi connectivity index (χ1v) is 5.91. The highest BCUT2D eigenvalue weighted by molar-refractivity contribution is 5.92. The summed E-state index contributed by atoms with van der Waals surface area (Å²) >= 11 is 0. The molecule has 3 atom stereocenters. The predicted molar refractivity (Wildman–Crippen MR) is 60.6 cm³/mol. The fourth-order valence-corrected chi connectivity index (χ4v) is 2.48. The number of nitrogens with zero attached hydrogens (tertiary/aromatic N) is 1. The van der Waals surface area contributed by atoms with E-state index in [1.165, 1.54) is 4.90 Å². The molecule has 96 valence electrons. The molecule has 1 saturated heterocycles. The average molecular weight is 241 g/mol. The van der Waals surface area contributed by atoms with Crippen molar-refractivity contribution in [3.8, 4) is 0 Å². The Kier molecular flexibility index (Phi) is 2.87. The molecule has 2 rings (SSSR count). The lowest BCUT2D eigenvalue weighted by molar-refractivity contribution is -0.142. The quantitative estimate of drug-likeness (QED) is 0.562. The van der Waals surface area contributed by atoms with E-state index in [-0.39, 0.29) is 24.8 Å². The van der Waals surface area contributed by atoms with E-state index in [0.717, 1.165) is 12.8 Å². The minimum Gasteiger partial charge on any atom is -0.391 e. The molecule has 3 unspecified atom stereocenters. The Morgan fingerprint density at radius 2 is 2.00 bits per heavy atom. The van der Waals surface area contributed by atoms with Crippen LogP contribution < -0.4 is 11.5 Å². The van der Waals surface area contributed by atoms with Gasteiger partial charge in [-0.3, -0.25) is 9.59 Å². The van der Waals surface area contributed by atoms with E-state index < -0.39 is 23.6 Å². The smallest absolute Gasteiger partial charge is 0.243 e. The summed E-state index contributed by atoms with van der Waals surface area (Å²) in [6.45, 7) is 1.84. The lowest BCUT2D eigenvalue weighted by atomic mass is 9.95. The summed E-state index contributed by atoms with van der Waals surface area (Å²) < 4.78 is 0. The molecule has 6 heteroatoms. The van der Waals surface area contributed by atoms with Crippen LogP contribution in [0.3, 0.4) is 0 Å². The molecular formula is C11H19N3O3. The van der Waals surface area contributed by atoms with Crippen molar-refractivity contribution in [2.24, 2.45) is 17.4 Å². The number of primary amides is 1. The number of carbonyl (C=O) groups is 2. The second kappa shape index (κ2) is 3.96. The van der Waals surface area contributed by atoms with E-state index >= 15 is 0 Å². The van der Waals surface area contributed by atoms with Crippen LogP contribution >= 0.6 is 0 Å². The highest BCUT2D eigenvalue weighted by Crippen LogP contribution is 2.39. The van der Waals surface area contributed by atoms with Crippen molar-refractivity contribution < 1.29 is 14.7 Å². The van der Waals surface area contributed by atoms with Crippen LogP contribution in [0, 0.1) is 5.92 Å². The molecule has 1 aliphatic heterocycles. The monoisotopic (exact) mass is 241 g/mol. The molecule has 1 aliphatic carbocycles. The normalized spacial score (nSPS) is 32.3. The maximum absolute atomic E-state index is 12.3. The molecule has 1 saturated carbocycles. The van der Waals surface area contributed by atoms with Gasteiger partial charge in [0, 0.05) is 13.0 Å². The van der Waals surface area contributed by atoms with E-state index in [0.29, 0.717) is 0 Å². The number of aliphatic hydroxyl groups is 1. The van der Waals surface area contributed by atoms with Crippen molar-refractivity contribution in [1.82, 2.24) is 4.90 Å². The SMILES string of the molecule is CC(N)(C(=O)N1CC(O)CC1C(N)=O)C1CC1. The van der Waals surface area contributed by atoms with Crippen LogP contribution in [0.25, 0.3) is 0 Å². The number of nitrogens with two attached hydrogens (primary N) is 2. The highest BCUT2D eigenvalue weighted by Gasteiger charge is 2.49. The van der Waals surface area contributed by atoms with E-state index in [2.05, 4.69) is 0 Å². The molecular weight excluding hydrogens is 222 g/mol. The molecule has 2 aliphatic rings. The summed E-state index contributed by atoms with van der Waals surface area (Å²) in [5, 5.41) is 9.55. The van der Waals surface area contributed by atoms with Gasteiger partial charge in [0.1, 0.15) is 6.04 Å². The Labute approximate surface area is 99.9 Å². The van der Waals surface area contributed by atoms with Crippen molar-refractivity contribution in [2.75, 3.05) is 6.54 Å². The molecule has 0 aromatic rings. The zero-order valence-electron chi connectivity index (χ0n) is 9.93. The van der Waals surface area contributed by atoms with Gasteiger partial charge >= 0.3 is 0 Å². The second-order valence-electron chi connectivity index (χ2n) is 5.32. The third kappa shape index (κ3) is 2.14. The van der Waals surface area contributed by atoms with Gasteiger partial charge in [-0.2, -0.15) is 0 Å². The van der Waals surface area contributed by atoms with Crippen LogP contribution in [0.4, 0.5) is 0 Å². The van der Waals surface area contributed by atoms with Crippen molar-refractivity contribution in [1.29, 1.82) is 0 Å². The molecule has 17 heavy (non-hydrogen) atoms. The van der Waals surface area contributed by atoms with Gasteiger partial charge in [0.2, 0.25) is 11.8 Å².